The summed E-state index contributed by atoms with van der Waals surface area (Å²) in [6.07, 6.45) is 1.79. The van der Waals surface area contributed by atoms with E-state index in [9.17, 15) is 9.90 Å². The summed E-state index contributed by atoms with van der Waals surface area (Å²) in [4.78, 5) is 11.5. The highest BCUT2D eigenvalue weighted by molar-refractivity contribution is 5.81. The van der Waals surface area contributed by atoms with E-state index in [1.54, 1.807) is 6.92 Å². The van der Waals surface area contributed by atoms with Gasteiger partial charge in [0.05, 0.1) is 0 Å². The lowest BCUT2D eigenvalue weighted by atomic mass is 9.94. The number of aromatic hydroxyl groups is 1. The van der Waals surface area contributed by atoms with Gasteiger partial charge in [-0.15, -0.1) is 0 Å². The molecule has 2 unspecified atom stereocenters. The van der Waals surface area contributed by atoms with Crippen LogP contribution in [0.4, 0.5) is 0 Å². The van der Waals surface area contributed by atoms with Crippen molar-refractivity contribution in [3.63, 3.8) is 0 Å². The van der Waals surface area contributed by atoms with Crippen LogP contribution in [0.3, 0.4) is 0 Å². The molecule has 2 atom stereocenters. The molecule has 2 aliphatic heterocycles. The minimum absolute atomic E-state index is 0.0339. The molecule has 0 saturated heterocycles. The topological polar surface area (TPSA) is 55.8 Å². The molecule has 1 N–H and O–H groups in total. The predicted octanol–water partition coefficient (Wildman–Crippen LogP) is 2.17. The molecule has 0 fully saturated rings. The molecule has 0 spiro atoms. The number of carbonyl (C=O) groups excluding carboxylic acids is 1. The van der Waals surface area contributed by atoms with Crippen LogP contribution in [-0.4, -0.2) is 23.1 Å². The summed E-state index contributed by atoms with van der Waals surface area (Å²) in [6, 6.07) is 0. The first-order valence-electron chi connectivity index (χ1n) is 6.69. The van der Waals surface area contributed by atoms with E-state index >= 15 is 0 Å². The van der Waals surface area contributed by atoms with Gasteiger partial charge >= 0.3 is 0 Å². The number of hydrogen-bond donors (Lipinski definition) is 1. The van der Waals surface area contributed by atoms with E-state index in [0.29, 0.717) is 24.3 Å². The third-order valence-corrected chi connectivity index (χ3v) is 3.73. The number of fused-ring (bicyclic) bond motifs is 2. The first kappa shape index (κ1) is 12.3. The van der Waals surface area contributed by atoms with E-state index in [2.05, 4.69) is 0 Å². The SMILES string of the molecule is CC(=O)Cc1c2c(c(O)c3c1OC(C)C3)OC(C)C2. The molecule has 102 valence electrons. The van der Waals surface area contributed by atoms with Gasteiger partial charge in [0.15, 0.2) is 11.5 Å². The van der Waals surface area contributed by atoms with Gasteiger partial charge < -0.3 is 14.6 Å². The number of benzene rings is 1. The molecule has 3 rings (SSSR count). The molecule has 4 nitrogen and oxygen atoms in total. The van der Waals surface area contributed by atoms with Crippen LogP contribution in [0.2, 0.25) is 0 Å². The Balaban J connectivity index is 2.20. The average Bonchev–Trinajstić information content (AvgIpc) is 2.87. The van der Waals surface area contributed by atoms with Crippen LogP contribution in [0.1, 0.15) is 37.5 Å². The minimum Gasteiger partial charge on any atom is -0.504 e. The maximum absolute atomic E-state index is 11.5. The van der Waals surface area contributed by atoms with Gasteiger partial charge in [-0.2, -0.15) is 0 Å². The van der Waals surface area contributed by atoms with Gasteiger partial charge in [-0.1, -0.05) is 0 Å². The highest BCUT2D eigenvalue weighted by Crippen LogP contribution is 2.50. The molecule has 2 heterocycles. The monoisotopic (exact) mass is 262 g/mol. The molecule has 0 amide bonds. The number of Topliss-reactive ketones (excluding diaryl/α,β-unsaturated/α-hetero) is 1. The molecule has 1 aromatic rings. The highest BCUT2D eigenvalue weighted by Gasteiger charge is 2.35. The Morgan fingerprint density at radius 1 is 1.16 bits per heavy atom. The second-order valence-corrected chi connectivity index (χ2v) is 5.59. The standard InChI is InChI=1S/C15H18O4/c1-7(16)4-10-11-5-8(2)19-15(11)13(17)12-6-9(3)18-14(10)12/h8-9,17H,4-6H2,1-3H3. The van der Waals surface area contributed by atoms with Crippen LogP contribution in [0.15, 0.2) is 0 Å². The summed E-state index contributed by atoms with van der Waals surface area (Å²) in [6.45, 7) is 5.50. The lowest BCUT2D eigenvalue weighted by molar-refractivity contribution is -0.116. The Hall–Kier alpha value is -1.71. The Bertz CT molecular complexity index is 523. The van der Waals surface area contributed by atoms with Gasteiger partial charge in [-0.25, -0.2) is 0 Å². The summed E-state index contributed by atoms with van der Waals surface area (Å²) in [7, 11) is 0. The summed E-state index contributed by atoms with van der Waals surface area (Å²) in [5.74, 6) is 1.56. The lowest BCUT2D eigenvalue weighted by Gasteiger charge is -2.14. The van der Waals surface area contributed by atoms with Crippen LogP contribution in [-0.2, 0) is 24.1 Å². The van der Waals surface area contributed by atoms with Crippen LogP contribution in [0.25, 0.3) is 0 Å². The van der Waals surface area contributed by atoms with Crippen LogP contribution >= 0.6 is 0 Å². The largest absolute Gasteiger partial charge is 0.504 e. The van der Waals surface area contributed by atoms with Gasteiger partial charge in [-0.3, -0.25) is 4.79 Å². The zero-order valence-electron chi connectivity index (χ0n) is 11.4. The molecule has 0 aromatic heterocycles. The van der Waals surface area contributed by atoms with Crippen LogP contribution in [0, 0.1) is 0 Å². The van der Waals surface area contributed by atoms with Crippen molar-refractivity contribution in [3.05, 3.63) is 16.7 Å². The molecule has 0 saturated carbocycles. The van der Waals surface area contributed by atoms with Crippen molar-refractivity contribution in [2.24, 2.45) is 0 Å². The number of ketones is 1. The molecular formula is C15H18O4. The third kappa shape index (κ3) is 1.86. The number of carbonyl (C=O) groups is 1. The first-order chi connectivity index (χ1) is 8.97. The first-order valence-corrected chi connectivity index (χ1v) is 6.69. The molecule has 19 heavy (non-hydrogen) atoms. The molecular weight excluding hydrogens is 244 g/mol. The van der Waals surface area contributed by atoms with E-state index in [-0.39, 0.29) is 23.7 Å². The van der Waals surface area contributed by atoms with Crippen molar-refractivity contribution in [1.29, 1.82) is 0 Å². The Labute approximate surface area is 112 Å². The Kier molecular flexibility index (Phi) is 2.69. The maximum Gasteiger partial charge on any atom is 0.165 e. The summed E-state index contributed by atoms with van der Waals surface area (Å²) in [5.41, 5.74) is 2.63. The van der Waals surface area contributed by atoms with E-state index in [1.165, 1.54) is 0 Å². The second-order valence-electron chi connectivity index (χ2n) is 5.59. The van der Waals surface area contributed by atoms with Gasteiger partial charge in [0.2, 0.25) is 0 Å². The van der Waals surface area contributed by atoms with Crippen molar-refractivity contribution >= 4 is 5.78 Å². The summed E-state index contributed by atoms with van der Waals surface area (Å²) >= 11 is 0. The van der Waals surface area contributed by atoms with Gasteiger partial charge in [0, 0.05) is 36.0 Å². The van der Waals surface area contributed by atoms with Crippen molar-refractivity contribution in [3.8, 4) is 17.2 Å². The second kappa shape index (κ2) is 4.15. The summed E-state index contributed by atoms with van der Waals surface area (Å²) in [5, 5.41) is 10.3. The van der Waals surface area contributed by atoms with E-state index in [0.717, 1.165) is 23.1 Å². The zero-order valence-corrected chi connectivity index (χ0v) is 11.4. The van der Waals surface area contributed by atoms with Gasteiger partial charge in [0.1, 0.15) is 23.7 Å². The van der Waals surface area contributed by atoms with E-state index < -0.39 is 0 Å². The minimum atomic E-state index is 0.0339. The van der Waals surface area contributed by atoms with E-state index in [4.69, 9.17) is 9.47 Å². The fourth-order valence-corrected chi connectivity index (χ4v) is 3.01. The number of ether oxygens (including phenoxy) is 2. The predicted molar refractivity (Wildman–Crippen MR) is 70.1 cm³/mol. The molecule has 1 aromatic carbocycles. The zero-order chi connectivity index (χ0) is 13.7. The lowest BCUT2D eigenvalue weighted by Crippen LogP contribution is -2.09. The number of hydrogen-bond acceptors (Lipinski definition) is 4. The quantitative estimate of drug-likeness (QED) is 0.887. The van der Waals surface area contributed by atoms with Gasteiger partial charge in [0.25, 0.3) is 0 Å². The average molecular weight is 262 g/mol. The van der Waals surface area contributed by atoms with Crippen LogP contribution < -0.4 is 9.47 Å². The Morgan fingerprint density at radius 3 is 2.37 bits per heavy atom. The van der Waals surface area contributed by atoms with Gasteiger partial charge in [-0.05, 0) is 20.8 Å². The van der Waals surface area contributed by atoms with Crippen molar-refractivity contribution in [1.82, 2.24) is 0 Å². The highest BCUT2D eigenvalue weighted by atomic mass is 16.5. The molecule has 0 bridgehead atoms. The Morgan fingerprint density at radius 2 is 1.74 bits per heavy atom. The van der Waals surface area contributed by atoms with Crippen molar-refractivity contribution in [2.45, 2.75) is 52.2 Å². The maximum atomic E-state index is 11.5. The molecule has 4 heteroatoms. The molecule has 0 radical (unpaired) electrons. The molecule has 0 aliphatic carbocycles. The normalized spacial score (nSPS) is 23.5. The number of phenolic OH excluding ortho intramolecular Hbond substituents is 1. The smallest absolute Gasteiger partial charge is 0.165 e. The summed E-state index contributed by atoms with van der Waals surface area (Å²) < 4.78 is 11.5. The fourth-order valence-electron chi connectivity index (χ4n) is 3.01. The van der Waals surface area contributed by atoms with E-state index in [1.807, 2.05) is 13.8 Å². The molecule has 2 aliphatic rings. The van der Waals surface area contributed by atoms with Crippen molar-refractivity contribution < 1.29 is 19.4 Å². The third-order valence-electron chi connectivity index (χ3n) is 3.73. The fraction of sp³-hybridized carbons (Fsp3) is 0.533. The van der Waals surface area contributed by atoms with Crippen molar-refractivity contribution in [2.75, 3.05) is 0 Å². The number of rotatable bonds is 2. The number of phenols is 1. The van der Waals surface area contributed by atoms with Crippen LogP contribution in [0.5, 0.6) is 17.2 Å².